The molecule has 1 aliphatic heterocycles. The molecule has 5 rings (SSSR count). The fourth-order valence-corrected chi connectivity index (χ4v) is 3.73. The number of para-hydroxylation sites is 1. The molecule has 150 valence electrons. The standard InChI is InChI=1S/C23H17NO6/c1-27-14-10-8-13(9-11-14)24-22(25)21-18(17-7-4-12-28-17)19-20(30-21)15-5-2-3-6-16(15)29-23(19)26/h2-12,18,21H,1H3,(H,24,25). The van der Waals surface area contributed by atoms with Crippen molar-refractivity contribution in [1.82, 2.24) is 0 Å². The van der Waals surface area contributed by atoms with E-state index in [1.807, 2.05) is 6.07 Å². The van der Waals surface area contributed by atoms with Crippen LogP contribution >= 0.6 is 0 Å². The molecule has 30 heavy (non-hydrogen) atoms. The zero-order chi connectivity index (χ0) is 20.7. The lowest BCUT2D eigenvalue weighted by molar-refractivity contribution is -0.122. The molecule has 0 spiro atoms. The van der Waals surface area contributed by atoms with Crippen molar-refractivity contribution in [2.75, 3.05) is 12.4 Å². The van der Waals surface area contributed by atoms with E-state index in [1.54, 1.807) is 61.7 Å². The molecule has 1 N–H and O–H groups in total. The predicted molar refractivity (Wildman–Crippen MR) is 109 cm³/mol. The fraction of sp³-hybridized carbons (Fsp3) is 0.130. The molecule has 3 heterocycles. The molecule has 0 saturated carbocycles. The van der Waals surface area contributed by atoms with E-state index in [4.69, 9.17) is 18.3 Å². The Hall–Kier alpha value is -4.00. The normalized spacial score (nSPS) is 17.4. The Morgan fingerprint density at radius 1 is 1.03 bits per heavy atom. The largest absolute Gasteiger partial charge is 0.497 e. The first-order valence-corrected chi connectivity index (χ1v) is 9.36. The maximum atomic E-state index is 13.1. The molecule has 1 amide bonds. The SMILES string of the molecule is COc1ccc(NC(=O)C2Oc3c(c(=O)oc4ccccc34)C2c2ccco2)cc1. The van der Waals surface area contributed by atoms with Crippen molar-refractivity contribution in [2.24, 2.45) is 0 Å². The van der Waals surface area contributed by atoms with Crippen LogP contribution in [0.5, 0.6) is 11.5 Å². The second kappa shape index (κ2) is 7.11. The molecule has 2 aromatic carbocycles. The Morgan fingerprint density at radius 3 is 2.57 bits per heavy atom. The molecule has 0 saturated heterocycles. The quantitative estimate of drug-likeness (QED) is 0.519. The van der Waals surface area contributed by atoms with Crippen LogP contribution < -0.4 is 20.4 Å². The van der Waals surface area contributed by atoms with E-state index in [0.29, 0.717) is 33.9 Å². The van der Waals surface area contributed by atoms with Gasteiger partial charge in [0.25, 0.3) is 5.91 Å². The second-order valence-electron chi connectivity index (χ2n) is 6.88. The Balaban J connectivity index is 1.57. The topological polar surface area (TPSA) is 90.9 Å². The average Bonchev–Trinajstić information content (AvgIpc) is 3.42. The lowest BCUT2D eigenvalue weighted by atomic mass is 9.93. The molecule has 2 unspecified atom stereocenters. The molecular weight excluding hydrogens is 386 g/mol. The zero-order valence-electron chi connectivity index (χ0n) is 16.0. The summed E-state index contributed by atoms with van der Waals surface area (Å²) in [5.74, 6) is 0.342. The summed E-state index contributed by atoms with van der Waals surface area (Å²) in [5.41, 5.74) is 0.703. The molecular formula is C23H17NO6. The number of fused-ring (bicyclic) bond motifs is 3. The molecule has 4 aromatic rings. The number of furan rings is 1. The van der Waals surface area contributed by atoms with E-state index in [2.05, 4.69) is 5.32 Å². The summed E-state index contributed by atoms with van der Waals surface area (Å²) >= 11 is 0. The number of ether oxygens (including phenoxy) is 2. The molecule has 2 aromatic heterocycles. The highest BCUT2D eigenvalue weighted by Crippen LogP contribution is 2.44. The van der Waals surface area contributed by atoms with E-state index in [9.17, 15) is 9.59 Å². The van der Waals surface area contributed by atoms with Crippen LogP contribution in [0.25, 0.3) is 11.0 Å². The minimum Gasteiger partial charge on any atom is -0.497 e. The molecule has 0 aliphatic carbocycles. The van der Waals surface area contributed by atoms with Gasteiger partial charge < -0.3 is 23.6 Å². The monoisotopic (exact) mass is 403 g/mol. The van der Waals surface area contributed by atoms with Crippen LogP contribution in [0.3, 0.4) is 0 Å². The molecule has 7 heteroatoms. The van der Waals surface area contributed by atoms with E-state index in [-0.39, 0.29) is 5.56 Å². The van der Waals surface area contributed by atoms with E-state index < -0.39 is 23.6 Å². The summed E-state index contributed by atoms with van der Waals surface area (Å²) in [4.78, 5) is 25.9. The minimum atomic E-state index is -0.998. The third kappa shape index (κ3) is 2.91. The minimum absolute atomic E-state index is 0.276. The molecule has 0 radical (unpaired) electrons. The van der Waals surface area contributed by atoms with Crippen molar-refractivity contribution in [3.8, 4) is 11.5 Å². The van der Waals surface area contributed by atoms with Gasteiger partial charge in [0, 0.05) is 5.69 Å². The first-order valence-electron chi connectivity index (χ1n) is 9.36. The van der Waals surface area contributed by atoms with Gasteiger partial charge in [0.1, 0.15) is 22.8 Å². The summed E-state index contributed by atoms with van der Waals surface area (Å²) < 4.78 is 22.2. The van der Waals surface area contributed by atoms with Crippen LogP contribution in [0.4, 0.5) is 5.69 Å². The Morgan fingerprint density at radius 2 is 1.83 bits per heavy atom. The number of anilines is 1. The van der Waals surface area contributed by atoms with E-state index >= 15 is 0 Å². The van der Waals surface area contributed by atoms with E-state index in [1.165, 1.54) is 6.26 Å². The van der Waals surface area contributed by atoms with Crippen molar-refractivity contribution < 1.29 is 23.1 Å². The third-order valence-corrected chi connectivity index (χ3v) is 5.12. The van der Waals surface area contributed by atoms with Crippen LogP contribution in [0.2, 0.25) is 0 Å². The predicted octanol–water partition coefficient (Wildman–Crippen LogP) is 3.93. The molecule has 0 bridgehead atoms. The van der Waals surface area contributed by atoms with Crippen molar-refractivity contribution in [3.05, 3.63) is 88.7 Å². The van der Waals surface area contributed by atoms with Crippen molar-refractivity contribution in [3.63, 3.8) is 0 Å². The molecule has 1 aliphatic rings. The summed E-state index contributed by atoms with van der Waals surface area (Å²) in [7, 11) is 1.57. The van der Waals surface area contributed by atoms with Crippen molar-refractivity contribution >= 4 is 22.6 Å². The van der Waals surface area contributed by atoms with E-state index in [0.717, 1.165) is 0 Å². The van der Waals surface area contributed by atoms with Gasteiger partial charge in [0.15, 0.2) is 6.10 Å². The zero-order valence-corrected chi connectivity index (χ0v) is 16.0. The Kier molecular flexibility index (Phi) is 4.28. The molecule has 0 fully saturated rings. The maximum absolute atomic E-state index is 13.1. The lowest BCUT2D eigenvalue weighted by Crippen LogP contribution is -2.35. The van der Waals surface area contributed by atoms with Crippen molar-refractivity contribution in [1.29, 1.82) is 0 Å². The highest BCUT2D eigenvalue weighted by atomic mass is 16.5. The fourth-order valence-electron chi connectivity index (χ4n) is 3.73. The van der Waals surface area contributed by atoms with Gasteiger partial charge >= 0.3 is 5.63 Å². The van der Waals surface area contributed by atoms with Gasteiger partial charge in [-0.25, -0.2) is 4.79 Å². The van der Waals surface area contributed by atoms with Gasteiger partial charge in [-0.15, -0.1) is 0 Å². The van der Waals surface area contributed by atoms with Gasteiger partial charge in [-0.2, -0.15) is 0 Å². The number of carbonyl (C=O) groups excluding carboxylic acids is 1. The summed E-state index contributed by atoms with van der Waals surface area (Å²) in [6.07, 6.45) is 0.496. The number of nitrogens with one attached hydrogen (secondary N) is 1. The number of hydrogen-bond acceptors (Lipinski definition) is 6. The highest BCUT2D eigenvalue weighted by Gasteiger charge is 2.45. The highest BCUT2D eigenvalue weighted by molar-refractivity contribution is 5.97. The molecule has 2 atom stereocenters. The average molecular weight is 403 g/mol. The lowest BCUT2D eigenvalue weighted by Gasteiger charge is -2.17. The summed E-state index contributed by atoms with van der Waals surface area (Å²) in [6.45, 7) is 0. The number of rotatable bonds is 4. The summed E-state index contributed by atoms with van der Waals surface area (Å²) in [6, 6.07) is 17.4. The first kappa shape index (κ1) is 18.1. The van der Waals surface area contributed by atoms with Crippen molar-refractivity contribution in [2.45, 2.75) is 12.0 Å². The number of benzene rings is 2. The van der Waals surface area contributed by atoms with Crippen LogP contribution in [0.15, 0.2) is 80.6 Å². The Labute approximate surface area is 170 Å². The Bertz CT molecular complexity index is 1270. The second-order valence-corrected chi connectivity index (χ2v) is 6.88. The number of carbonyl (C=O) groups is 1. The van der Waals surface area contributed by atoms with Gasteiger partial charge in [0.2, 0.25) is 0 Å². The van der Waals surface area contributed by atoms with Gasteiger partial charge in [-0.1, -0.05) is 12.1 Å². The smallest absolute Gasteiger partial charge is 0.344 e. The number of amides is 1. The van der Waals surface area contributed by atoms with Gasteiger partial charge in [-0.05, 0) is 48.5 Å². The number of methoxy groups -OCH3 is 1. The van der Waals surface area contributed by atoms with Gasteiger partial charge in [-0.3, -0.25) is 4.79 Å². The summed E-state index contributed by atoms with van der Waals surface area (Å²) in [5, 5.41) is 3.46. The van der Waals surface area contributed by atoms with Gasteiger partial charge in [0.05, 0.1) is 30.2 Å². The first-order chi connectivity index (χ1) is 14.7. The third-order valence-electron chi connectivity index (χ3n) is 5.12. The van der Waals surface area contributed by atoms with Crippen LogP contribution in [0.1, 0.15) is 17.2 Å². The van der Waals surface area contributed by atoms with Crippen LogP contribution in [0, 0.1) is 0 Å². The molecule has 7 nitrogen and oxygen atoms in total. The van der Waals surface area contributed by atoms with Crippen LogP contribution in [-0.4, -0.2) is 19.1 Å². The van der Waals surface area contributed by atoms with Crippen LogP contribution in [-0.2, 0) is 4.79 Å². The number of hydrogen-bond donors (Lipinski definition) is 1. The maximum Gasteiger partial charge on any atom is 0.344 e.